The van der Waals surface area contributed by atoms with Gasteiger partial charge in [0.25, 0.3) is 0 Å². The van der Waals surface area contributed by atoms with Gasteiger partial charge in [-0.15, -0.1) is 0 Å². The molecule has 3 nitrogen and oxygen atoms in total. The normalized spacial score (nSPS) is 9.43. The van der Waals surface area contributed by atoms with E-state index in [1.54, 1.807) is 20.8 Å². The second-order valence-corrected chi connectivity index (χ2v) is 3.76. The quantitative estimate of drug-likeness (QED) is 0.401. The Kier molecular flexibility index (Phi) is 15.0. The van der Waals surface area contributed by atoms with Crippen molar-refractivity contribution in [3.8, 4) is 0 Å². The van der Waals surface area contributed by atoms with Gasteiger partial charge in [0.1, 0.15) is 0 Å². The van der Waals surface area contributed by atoms with Crippen molar-refractivity contribution in [2.24, 2.45) is 5.41 Å². The SMILES string of the molecule is CCCC(=O)OC(=O)C(C)(C)C.[KH].[NaH]. The number of hydrogen-bond acceptors (Lipinski definition) is 3. The number of hydrogen-bond donors (Lipinski definition) is 0. The minimum absolute atomic E-state index is 0. The number of ether oxygens (including phenoxy) is 1. The fourth-order valence-corrected chi connectivity index (χ4v) is 0.512. The van der Waals surface area contributed by atoms with Gasteiger partial charge in [-0.05, 0) is 27.2 Å². The standard InChI is InChI=1S/C9H16O3.K.Na.2H/c1-5-6-7(10)12-8(11)9(2,3)4;;;;/h5-6H2,1-4H3;;;;. The molecule has 0 rings (SSSR count). The molecule has 0 atom stereocenters. The van der Waals surface area contributed by atoms with E-state index in [4.69, 9.17) is 0 Å². The maximum atomic E-state index is 11.1. The Morgan fingerprint density at radius 1 is 1.21 bits per heavy atom. The third kappa shape index (κ3) is 10.3. The van der Waals surface area contributed by atoms with Crippen LogP contribution in [0.4, 0.5) is 0 Å². The van der Waals surface area contributed by atoms with Gasteiger partial charge in [0.15, 0.2) is 0 Å². The molecule has 14 heavy (non-hydrogen) atoms. The first-order valence-electron chi connectivity index (χ1n) is 4.13. The molecule has 0 heterocycles. The molecule has 0 aliphatic heterocycles. The molecule has 0 saturated heterocycles. The molecule has 0 aliphatic rings. The first-order valence-corrected chi connectivity index (χ1v) is 4.13. The van der Waals surface area contributed by atoms with Crippen molar-refractivity contribution in [1.82, 2.24) is 0 Å². The van der Waals surface area contributed by atoms with Crippen LogP contribution in [-0.4, -0.2) is 92.9 Å². The van der Waals surface area contributed by atoms with Gasteiger partial charge in [-0.25, -0.2) is 0 Å². The predicted octanol–water partition coefficient (Wildman–Crippen LogP) is 0.605. The second-order valence-electron chi connectivity index (χ2n) is 3.76. The molecule has 0 bridgehead atoms. The summed E-state index contributed by atoms with van der Waals surface area (Å²) in [4.78, 5) is 22.0. The zero-order valence-electron chi connectivity index (χ0n) is 8.14. The number of carbonyl (C=O) groups is 2. The average Bonchev–Trinajstić information content (AvgIpc) is 1.85. The van der Waals surface area contributed by atoms with Crippen molar-refractivity contribution in [2.45, 2.75) is 40.5 Å². The van der Waals surface area contributed by atoms with E-state index >= 15 is 0 Å². The van der Waals surface area contributed by atoms with Crippen LogP contribution in [0.2, 0.25) is 0 Å². The zero-order valence-corrected chi connectivity index (χ0v) is 8.14. The fraction of sp³-hybridized carbons (Fsp3) is 0.778. The maximum absolute atomic E-state index is 11.1. The number of esters is 2. The molecule has 0 fully saturated rings. The zero-order chi connectivity index (χ0) is 9.78. The van der Waals surface area contributed by atoms with Gasteiger partial charge < -0.3 is 4.74 Å². The summed E-state index contributed by atoms with van der Waals surface area (Å²) in [7, 11) is 0. The van der Waals surface area contributed by atoms with Gasteiger partial charge in [-0.1, -0.05) is 6.92 Å². The van der Waals surface area contributed by atoms with Crippen molar-refractivity contribution in [3.05, 3.63) is 0 Å². The molecule has 5 heteroatoms. The molecule has 0 aliphatic carbocycles. The molecular formula is C9H18KNaO3. The van der Waals surface area contributed by atoms with Crippen LogP contribution in [-0.2, 0) is 14.3 Å². The molecule has 74 valence electrons. The van der Waals surface area contributed by atoms with Crippen LogP contribution in [0.25, 0.3) is 0 Å². The summed E-state index contributed by atoms with van der Waals surface area (Å²) in [5.74, 6) is -0.890. The molecule has 0 saturated carbocycles. The van der Waals surface area contributed by atoms with Crippen LogP contribution in [0.15, 0.2) is 0 Å². The molecule has 0 aromatic carbocycles. The third-order valence-corrected chi connectivity index (χ3v) is 1.27. The summed E-state index contributed by atoms with van der Waals surface area (Å²) >= 11 is 0. The Bertz CT molecular complexity index is 187. The van der Waals surface area contributed by atoms with Crippen LogP contribution in [0.5, 0.6) is 0 Å². The van der Waals surface area contributed by atoms with E-state index in [-0.39, 0.29) is 80.9 Å². The third-order valence-electron chi connectivity index (χ3n) is 1.27. The van der Waals surface area contributed by atoms with Gasteiger partial charge in [0.2, 0.25) is 0 Å². The van der Waals surface area contributed by atoms with E-state index < -0.39 is 17.4 Å². The number of rotatable bonds is 2. The molecule has 0 N–H and O–H groups in total. The van der Waals surface area contributed by atoms with Crippen LogP contribution >= 0.6 is 0 Å². The van der Waals surface area contributed by atoms with Gasteiger partial charge in [-0.2, -0.15) is 0 Å². The summed E-state index contributed by atoms with van der Waals surface area (Å²) in [5.41, 5.74) is -0.594. The van der Waals surface area contributed by atoms with Gasteiger partial charge in [-0.3, -0.25) is 9.59 Å². The van der Waals surface area contributed by atoms with E-state index in [9.17, 15) is 9.59 Å². The Hall–Kier alpha value is 1.78. The minimum atomic E-state index is -0.594. The summed E-state index contributed by atoms with van der Waals surface area (Å²) < 4.78 is 4.58. The topological polar surface area (TPSA) is 43.4 Å². The first-order chi connectivity index (χ1) is 5.38. The van der Waals surface area contributed by atoms with E-state index in [1.807, 2.05) is 6.92 Å². The van der Waals surface area contributed by atoms with E-state index in [1.165, 1.54) is 0 Å². The van der Waals surface area contributed by atoms with Crippen LogP contribution in [0.1, 0.15) is 40.5 Å². The summed E-state index contributed by atoms with van der Waals surface area (Å²) in [6.45, 7) is 7.01. The van der Waals surface area contributed by atoms with Crippen molar-refractivity contribution in [3.63, 3.8) is 0 Å². The van der Waals surface area contributed by atoms with Crippen molar-refractivity contribution >= 4 is 92.9 Å². The van der Waals surface area contributed by atoms with Crippen LogP contribution in [0.3, 0.4) is 0 Å². The van der Waals surface area contributed by atoms with E-state index in [0.29, 0.717) is 12.8 Å². The van der Waals surface area contributed by atoms with Crippen molar-refractivity contribution in [1.29, 1.82) is 0 Å². The van der Waals surface area contributed by atoms with E-state index in [2.05, 4.69) is 4.74 Å². The van der Waals surface area contributed by atoms with Gasteiger partial charge in [0, 0.05) is 6.42 Å². The molecule has 0 radical (unpaired) electrons. The summed E-state index contributed by atoms with van der Waals surface area (Å²) in [5, 5.41) is 0. The molecular weight excluding hydrogens is 218 g/mol. The Morgan fingerprint density at radius 2 is 1.64 bits per heavy atom. The van der Waals surface area contributed by atoms with E-state index in [0.717, 1.165) is 0 Å². The van der Waals surface area contributed by atoms with Crippen LogP contribution < -0.4 is 0 Å². The molecule has 0 aromatic rings. The van der Waals surface area contributed by atoms with Gasteiger partial charge in [0.05, 0.1) is 5.41 Å². The van der Waals surface area contributed by atoms with Crippen molar-refractivity contribution < 1.29 is 14.3 Å². The molecule has 0 aromatic heterocycles. The first kappa shape index (κ1) is 21.1. The molecule has 0 amide bonds. The molecule has 0 spiro atoms. The molecule has 0 unspecified atom stereocenters. The average molecular weight is 236 g/mol. The predicted molar refractivity (Wildman–Crippen MR) is 59.8 cm³/mol. The fourth-order valence-electron chi connectivity index (χ4n) is 0.512. The number of carbonyl (C=O) groups excluding carboxylic acids is 2. The van der Waals surface area contributed by atoms with Crippen LogP contribution in [0, 0.1) is 5.41 Å². The second kappa shape index (κ2) is 9.96. The summed E-state index contributed by atoms with van der Waals surface area (Å²) in [6, 6.07) is 0. The van der Waals surface area contributed by atoms with Crippen molar-refractivity contribution in [2.75, 3.05) is 0 Å². The Labute approximate surface area is 150 Å². The summed E-state index contributed by atoms with van der Waals surface area (Å²) in [6.07, 6.45) is 1.01. The monoisotopic (exact) mass is 236 g/mol. The Balaban J connectivity index is -0.000000605. The van der Waals surface area contributed by atoms with Gasteiger partial charge >= 0.3 is 92.9 Å². The Morgan fingerprint density at radius 3 is 1.93 bits per heavy atom.